The molecular formula is C38H46N2P2. The predicted molar refractivity (Wildman–Crippen MR) is 177 cm³/mol. The van der Waals surface area contributed by atoms with E-state index < -0.39 is 0 Å². The van der Waals surface area contributed by atoms with Crippen molar-refractivity contribution in [2.24, 2.45) is 35.5 Å². The minimum atomic E-state index is -0.348. The van der Waals surface area contributed by atoms with Crippen LogP contribution in [0.25, 0.3) is 0 Å². The highest BCUT2D eigenvalue weighted by atomic mass is 31.1. The molecule has 0 spiro atoms. The summed E-state index contributed by atoms with van der Waals surface area (Å²) in [7, 11) is -0.696. The third kappa shape index (κ3) is 4.65. The quantitative estimate of drug-likeness (QED) is 0.244. The molecule has 11 rings (SSSR count). The highest BCUT2D eigenvalue weighted by Crippen LogP contribution is 2.71. The van der Waals surface area contributed by atoms with Crippen molar-refractivity contribution in [1.29, 1.82) is 0 Å². The number of benzene rings is 1. The molecule has 2 heterocycles. The van der Waals surface area contributed by atoms with Gasteiger partial charge >= 0.3 is 0 Å². The van der Waals surface area contributed by atoms with E-state index in [1.165, 1.54) is 100 Å². The molecule has 8 bridgehead atoms. The molecule has 1 aromatic carbocycles. The molecule has 42 heavy (non-hydrogen) atoms. The fourth-order valence-electron chi connectivity index (χ4n) is 12.0. The fourth-order valence-corrected chi connectivity index (χ4v) is 19.1. The first-order valence-electron chi connectivity index (χ1n) is 17.1. The first-order chi connectivity index (χ1) is 20.6. The summed E-state index contributed by atoms with van der Waals surface area (Å²) < 4.78 is 0. The zero-order valence-corrected chi connectivity index (χ0v) is 26.9. The number of hydrogen-bond acceptors (Lipinski definition) is 2. The van der Waals surface area contributed by atoms with Crippen LogP contribution < -0.4 is 10.9 Å². The van der Waals surface area contributed by atoms with Crippen LogP contribution in [-0.2, 0) is 12.3 Å². The second kappa shape index (κ2) is 10.5. The van der Waals surface area contributed by atoms with Crippen LogP contribution >= 0.6 is 15.8 Å². The van der Waals surface area contributed by atoms with Gasteiger partial charge in [0.1, 0.15) is 0 Å². The molecule has 8 aliphatic carbocycles. The van der Waals surface area contributed by atoms with Gasteiger partial charge in [0.15, 0.2) is 0 Å². The smallest absolute Gasteiger partial charge is 0.0639 e. The van der Waals surface area contributed by atoms with E-state index in [9.17, 15) is 0 Å². The molecule has 0 amide bonds. The zero-order chi connectivity index (χ0) is 27.7. The number of pyridine rings is 2. The van der Waals surface area contributed by atoms with E-state index in [1.54, 1.807) is 11.1 Å². The Hall–Kier alpha value is -1.62. The van der Waals surface area contributed by atoms with Crippen LogP contribution in [0.5, 0.6) is 0 Å². The molecule has 0 saturated heterocycles. The Kier molecular flexibility index (Phi) is 6.68. The van der Waals surface area contributed by atoms with E-state index in [0.29, 0.717) is 10.3 Å². The van der Waals surface area contributed by atoms with Gasteiger partial charge in [-0.2, -0.15) is 0 Å². The summed E-state index contributed by atoms with van der Waals surface area (Å²) in [6.07, 6.45) is 24.5. The van der Waals surface area contributed by atoms with Gasteiger partial charge in [-0.25, -0.2) is 0 Å². The molecule has 218 valence electrons. The molecule has 0 N–H and O–H groups in total. The normalized spacial score (nSPS) is 39.0. The summed E-state index contributed by atoms with van der Waals surface area (Å²) in [5.74, 6) is 5.88. The maximum absolute atomic E-state index is 5.12. The van der Waals surface area contributed by atoms with E-state index in [-0.39, 0.29) is 15.8 Å². The lowest BCUT2D eigenvalue weighted by molar-refractivity contribution is 0.0357. The molecular weight excluding hydrogens is 546 g/mol. The maximum Gasteiger partial charge on any atom is 0.0639 e. The van der Waals surface area contributed by atoms with E-state index in [1.807, 2.05) is 0 Å². The molecule has 2 aromatic heterocycles. The van der Waals surface area contributed by atoms with Crippen LogP contribution in [0.2, 0.25) is 0 Å². The van der Waals surface area contributed by atoms with Crippen LogP contribution in [0, 0.1) is 35.5 Å². The van der Waals surface area contributed by atoms with Crippen molar-refractivity contribution in [3.8, 4) is 0 Å². The number of hydrogen-bond donors (Lipinski definition) is 0. The maximum atomic E-state index is 5.12. The van der Waals surface area contributed by atoms with Gasteiger partial charge in [-0.1, -0.05) is 36.4 Å². The summed E-state index contributed by atoms with van der Waals surface area (Å²) in [6.45, 7) is 0. The molecule has 8 saturated carbocycles. The summed E-state index contributed by atoms with van der Waals surface area (Å²) in [6, 6.07) is 23.2. The van der Waals surface area contributed by atoms with Crippen molar-refractivity contribution in [1.82, 2.24) is 9.97 Å². The number of nitrogens with zero attached hydrogens (tertiary/aromatic N) is 2. The van der Waals surface area contributed by atoms with Crippen molar-refractivity contribution < 1.29 is 0 Å². The van der Waals surface area contributed by atoms with Crippen LogP contribution in [0.4, 0.5) is 0 Å². The largest absolute Gasteiger partial charge is 0.257 e. The van der Waals surface area contributed by atoms with Gasteiger partial charge in [-0.3, -0.25) is 9.97 Å². The summed E-state index contributed by atoms with van der Waals surface area (Å²) >= 11 is 0. The van der Waals surface area contributed by atoms with Crippen LogP contribution in [-0.4, -0.2) is 20.3 Å². The first kappa shape index (κ1) is 26.8. The number of rotatable bonds is 8. The lowest BCUT2D eigenvalue weighted by atomic mass is 9.56. The molecule has 2 atom stereocenters. The van der Waals surface area contributed by atoms with Crippen molar-refractivity contribution in [3.63, 3.8) is 0 Å². The van der Waals surface area contributed by atoms with Gasteiger partial charge in [0, 0.05) is 12.4 Å². The van der Waals surface area contributed by atoms with Crippen molar-refractivity contribution in [2.75, 3.05) is 0 Å². The van der Waals surface area contributed by atoms with Crippen LogP contribution in [0.3, 0.4) is 0 Å². The minimum Gasteiger partial charge on any atom is -0.257 e. The average Bonchev–Trinajstić information content (AvgIpc) is 2.98. The van der Waals surface area contributed by atoms with Gasteiger partial charge in [-0.05, 0) is 186 Å². The van der Waals surface area contributed by atoms with Crippen molar-refractivity contribution >= 4 is 26.7 Å². The van der Waals surface area contributed by atoms with Gasteiger partial charge in [-0.15, -0.1) is 0 Å². The van der Waals surface area contributed by atoms with Crippen molar-refractivity contribution in [2.45, 2.75) is 99.7 Å². The van der Waals surface area contributed by atoms with E-state index >= 15 is 0 Å². The van der Waals surface area contributed by atoms with E-state index in [0.717, 1.165) is 35.5 Å². The Morgan fingerprint density at radius 1 is 0.476 bits per heavy atom. The number of aromatic nitrogens is 2. The Balaban J connectivity index is 1.08. The van der Waals surface area contributed by atoms with Gasteiger partial charge < -0.3 is 0 Å². The lowest BCUT2D eigenvalue weighted by Crippen LogP contribution is -2.51. The third-order valence-electron chi connectivity index (χ3n) is 12.8. The standard InChI is InChI=1S/C38H46N2P2/c1-2-8-34(26-42(36-10-4-6-12-40-36)38-22-30-16-31(23-38)18-32(17-30)24-38)33(7-1)25-41(35-9-3-5-11-39-35)37-19-27-13-28(20-37)15-29(14-27)21-37/h1-12,27-32H,13-26H2. The SMILES string of the molecule is c1ccc(P(Cc2ccccc2CP(c2ccccn2)C23CC4CC(CC(C4)C2)C3)C23CC4CC(CC(C4)C2)C3)nc1. The van der Waals surface area contributed by atoms with Crippen LogP contribution in [0.1, 0.15) is 88.2 Å². The minimum absolute atomic E-state index is 0.348. The van der Waals surface area contributed by atoms with Gasteiger partial charge in [0.05, 0.1) is 10.9 Å². The lowest BCUT2D eigenvalue weighted by Gasteiger charge is -2.60. The molecule has 8 fully saturated rings. The molecule has 8 aliphatic rings. The zero-order valence-electron chi connectivity index (χ0n) is 25.1. The molecule has 4 heteroatoms. The second-order valence-electron chi connectivity index (χ2n) is 15.6. The second-order valence-corrected chi connectivity index (χ2v) is 20.8. The van der Waals surface area contributed by atoms with Gasteiger partial charge in [0.2, 0.25) is 0 Å². The van der Waals surface area contributed by atoms with Crippen LogP contribution in [0.15, 0.2) is 73.1 Å². The monoisotopic (exact) mass is 592 g/mol. The first-order valence-corrected chi connectivity index (χ1v) is 20.1. The molecule has 0 radical (unpaired) electrons. The molecule has 0 aliphatic heterocycles. The molecule has 3 aromatic rings. The highest BCUT2D eigenvalue weighted by Gasteiger charge is 2.56. The molecule has 2 unspecified atom stereocenters. The fraction of sp³-hybridized carbons (Fsp3) is 0.579. The Morgan fingerprint density at radius 2 is 0.810 bits per heavy atom. The Bertz CT molecular complexity index is 1240. The van der Waals surface area contributed by atoms with E-state index in [2.05, 4.69) is 73.1 Å². The average molecular weight is 593 g/mol. The topological polar surface area (TPSA) is 25.8 Å². The molecule has 2 nitrogen and oxygen atoms in total. The predicted octanol–water partition coefficient (Wildman–Crippen LogP) is 9.03. The summed E-state index contributed by atoms with van der Waals surface area (Å²) in [4.78, 5) is 10.2. The summed E-state index contributed by atoms with van der Waals surface area (Å²) in [5, 5.41) is 1.02. The highest BCUT2D eigenvalue weighted by molar-refractivity contribution is 7.66. The summed E-state index contributed by atoms with van der Waals surface area (Å²) in [5.41, 5.74) is 6.13. The Morgan fingerprint density at radius 3 is 1.12 bits per heavy atom. The Labute approximate surface area is 255 Å². The third-order valence-corrected chi connectivity index (χ3v) is 19.1. The van der Waals surface area contributed by atoms with Gasteiger partial charge in [0.25, 0.3) is 0 Å². The van der Waals surface area contributed by atoms with Crippen molar-refractivity contribution in [3.05, 3.63) is 84.2 Å². The van der Waals surface area contributed by atoms with E-state index in [4.69, 9.17) is 9.97 Å².